The summed E-state index contributed by atoms with van der Waals surface area (Å²) in [7, 11) is 0. The molecule has 364 valence electrons. The van der Waals surface area contributed by atoms with Gasteiger partial charge in [0.15, 0.2) is 0 Å². The van der Waals surface area contributed by atoms with Crippen molar-refractivity contribution >= 4 is 97.1 Å². The lowest BCUT2D eigenvalue weighted by Crippen LogP contribution is -2.14. The molecule has 0 saturated carbocycles. The van der Waals surface area contributed by atoms with Crippen molar-refractivity contribution in [1.82, 2.24) is 0 Å². The van der Waals surface area contributed by atoms with Gasteiger partial charge in [0.2, 0.25) is 0 Å². The highest BCUT2D eigenvalue weighted by Gasteiger charge is 2.22. The third-order valence-electron chi connectivity index (χ3n) is 14.2. The Bertz CT molecular complexity index is 3680. The van der Waals surface area contributed by atoms with Crippen LogP contribution in [0.2, 0.25) is 0 Å². The first-order valence-electron chi connectivity index (χ1n) is 25.7. The third-order valence-corrected chi connectivity index (χ3v) is 16.7. The second-order valence-corrected chi connectivity index (χ2v) is 20.9. The number of hydrogen-bond donors (Lipinski definition) is 0. The average molecular weight is 995 g/mol. The van der Waals surface area contributed by atoms with Crippen LogP contribution in [-0.4, -0.2) is 0 Å². The van der Waals surface area contributed by atoms with E-state index in [0.717, 1.165) is 11.4 Å². The van der Waals surface area contributed by atoms with Gasteiger partial charge in [-0.3, -0.25) is 0 Å². The SMILES string of the molecule is C=C.CC.Cc1cc(-c2ccc(N(c3ccc(-c4cccc5c4sc4ccccc45)cc3)c3c(C)cccc3C)c(C)c2)ccc1N(c1ccc(-c2cccc3c2sc2ccccc23)cc1)c1c(C)cccc1C. The molecule has 10 aromatic carbocycles. The fraction of sp³-hybridized carbons (Fsp3) is 0.114. The van der Waals surface area contributed by atoms with Gasteiger partial charge in [-0.1, -0.05) is 159 Å². The molecule has 0 atom stereocenters. The van der Waals surface area contributed by atoms with Crippen molar-refractivity contribution in [2.45, 2.75) is 55.4 Å². The van der Waals surface area contributed by atoms with E-state index in [4.69, 9.17) is 0 Å². The number of anilines is 6. The number of para-hydroxylation sites is 2. The van der Waals surface area contributed by atoms with Gasteiger partial charge in [-0.05, 0) is 169 Å². The highest BCUT2D eigenvalue weighted by atomic mass is 32.1. The normalized spacial score (nSPS) is 11.1. The zero-order valence-corrected chi connectivity index (χ0v) is 45.4. The second-order valence-electron chi connectivity index (χ2n) is 18.8. The molecule has 0 unspecified atom stereocenters. The van der Waals surface area contributed by atoms with Crippen molar-refractivity contribution < 1.29 is 0 Å². The predicted molar refractivity (Wildman–Crippen MR) is 329 cm³/mol. The zero-order valence-electron chi connectivity index (χ0n) is 43.8. The van der Waals surface area contributed by atoms with Crippen molar-refractivity contribution in [2.24, 2.45) is 0 Å². The van der Waals surface area contributed by atoms with Gasteiger partial charge in [0, 0.05) is 63.1 Å². The quantitative estimate of drug-likeness (QED) is 0.133. The summed E-state index contributed by atoms with van der Waals surface area (Å²) in [5.41, 5.74) is 21.8. The van der Waals surface area contributed by atoms with E-state index in [1.807, 2.05) is 36.5 Å². The van der Waals surface area contributed by atoms with Gasteiger partial charge < -0.3 is 9.80 Å². The van der Waals surface area contributed by atoms with Gasteiger partial charge in [-0.25, -0.2) is 0 Å². The maximum Gasteiger partial charge on any atom is 0.0520 e. The lowest BCUT2D eigenvalue weighted by molar-refractivity contribution is 1.20. The highest BCUT2D eigenvalue weighted by Crippen LogP contribution is 2.47. The lowest BCUT2D eigenvalue weighted by atomic mass is 9.97. The molecule has 0 amide bonds. The molecule has 12 aromatic rings. The van der Waals surface area contributed by atoms with E-state index in [1.54, 1.807) is 0 Å². The Balaban J connectivity index is 0.00000153. The summed E-state index contributed by atoms with van der Waals surface area (Å²) in [4.78, 5) is 4.91. The van der Waals surface area contributed by atoms with Crippen molar-refractivity contribution in [1.29, 1.82) is 0 Å². The fourth-order valence-electron chi connectivity index (χ4n) is 10.8. The molecular weight excluding hydrogens is 933 g/mol. The fourth-order valence-corrected chi connectivity index (χ4v) is 13.3. The van der Waals surface area contributed by atoms with Crippen LogP contribution < -0.4 is 9.80 Å². The summed E-state index contributed by atoms with van der Waals surface area (Å²) < 4.78 is 5.32. The molecule has 2 nitrogen and oxygen atoms in total. The molecule has 0 saturated heterocycles. The number of thiophene rings is 2. The Morgan fingerprint density at radius 1 is 0.311 bits per heavy atom. The number of benzene rings is 10. The summed E-state index contributed by atoms with van der Waals surface area (Å²) in [5.74, 6) is 0. The number of rotatable bonds is 9. The minimum absolute atomic E-state index is 1.14. The maximum absolute atomic E-state index is 3.00. The maximum atomic E-state index is 3.00. The molecule has 2 heterocycles. The standard InChI is InChI=1S/C66H52N2S2.C2H6.C2H4/c1-41-15-11-16-42(2)63(41)67(51-33-27-47(28-34-51)53-21-13-23-57-55-19-7-9-25-61(55)69-65(53)57)59-37-31-49(39-45(59)5)50-32-38-60(46(6)40-50)68(64-43(3)17-12-18-44(64)4)52-35-29-48(30-36-52)54-22-14-24-58-56-20-8-10-26-62(56)70-66(54)58;2*1-2/h7-40H,1-6H3;1-2H3;1-2H2. The topological polar surface area (TPSA) is 6.48 Å². The largest absolute Gasteiger partial charge is 0.310 e. The molecule has 0 aliphatic rings. The van der Waals surface area contributed by atoms with Gasteiger partial charge in [-0.2, -0.15) is 0 Å². The molecule has 0 fully saturated rings. The summed E-state index contributed by atoms with van der Waals surface area (Å²) in [6.07, 6.45) is 0. The molecule has 4 heteroatoms. The van der Waals surface area contributed by atoms with Crippen LogP contribution in [0, 0.1) is 41.5 Å². The highest BCUT2D eigenvalue weighted by molar-refractivity contribution is 7.26. The van der Waals surface area contributed by atoms with Crippen molar-refractivity contribution in [3.05, 3.63) is 253 Å². The van der Waals surface area contributed by atoms with E-state index in [0.29, 0.717) is 0 Å². The molecule has 0 spiro atoms. The Kier molecular flexibility index (Phi) is 14.2. The molecular formula is C70H62N2S2. The van der Waals surface area contributed by atoms with E-state index < -0.39 is 0 Å². The monoisotopic (exact) mass is 994 g/mol. The van der Waals surface area contributed by atoms with Gasteiger partial charge >= 0.3 is 0 Å². The van der Waals surface area contributed by atoms with Crippen LogP contribution in [0.5, 0.6) is 0 Å². The van der Waals surface area contributed by atoms with Gasteiger partial charge in [0.1, 0.15) is 0 Å². The van der Waals surface area contributed by atoms with Gasteiger partial charge in [0.05, 0.1) is 11.4 Å². The number of hydrogen-bond acceptors (Lipinski definition) is 4. The molecule has 0 N–H and O–H groups in total. The van der Waals surface area contributed by atoms with E-state index in [2.05, 4.69) is 271 Å². The Morgan fingerprint density at radius 2 is 0.635 bits per heavy atom. The first-order chi connectivity index (χ1) is 36.2. The first-order valence-corrected chi connectivity index (χ1v) is 27.3. The Hall–Kier alpha value is -8.02. The minimum Gasteiger partial charge on any atom is -0.310 e. The second kappa shape index (κ2) is 21.2. The molecule has 74 heavy (non-hydrogen) atoms. The van der Waals surface area contributed by atoms with Crippen molar-refractivity contribution in [3.8, 4) is 33.4 Å². The number of nitrogens with zero attached hydrogens (tertiary/aromatic N) is 2. The molecule has 0 bridgehead atoms. The molecule has 0 aliphatic heterocycles. The van der Waals surface area contributed by atoms with E-state index in [1.165, 1.54) is 130 Å². The van der Waals surface area contributed by atoms with Gasteiger partial charge in [-0.15, -0.1) is 35.8 Å². The predicted octanol–water partition coefficient (Wildman–Crippen LogP) is 22.0. The smallest absolute Gasteiger partial charge is 0.0520 e. The van der Waals surface area contributed by atoms with Crippen LogP contribution >= 0.6 is 22.7 Å². The summed E-state index contributed by atoms with van der Waals surface area (Å²) in [6, 6.07) is 76.5. The molecule has 2 aromatic heterocycles. The summed E-state index contributed by atoms with van der Waals surface area (Å²) in [5, 5.41) is 5.29. The van der Waals surface area contributed by atoms with Crippen molar-refractivity contribution in [2.75, 3.05) is 9.80 Å². The van der Waals surface area contributed by atoms with Crippen LogP contribution in [-0.2, 0) is 0 Å². The average Bonchev–Trinajstić information content (AvgIpc) is 4.02. The third kappa shape index (κ3) is 8.99. The van der Waals surface area contributed by atoms with E-state index in [9.17, 15) is 0 Å². The first kappa shape index (κ1) is 49.6. The van der Waals surface area contributed by atoms with E-state index >= 15 is 0 Å². The van der Waals surface area contributed by atoms with Crippen LogP contribution in [0.25, 0.3) is 73.7 Å². The van der Waals surface area contributed by atoms with Crippen LogP contribution in [0.4, 0.5) is 34.1 Å². The van der Waals surface area contributed by atoms with Crippen molar-refractivity contribution in [3.63, 3.8) is 0 Å². The lowest BCUT2D eigenvalue weighted by Gasteiger charge is -2.31. The van der Waals surface area contributed by atoms with Crippen LogP contribution in [0.3, 0.4) is 0 Å². The van der Waals surface area contributed by atoms with Crippen LogP contribution in [0.1, 0.15) is 47.2 Å². The molecule has 0 radical (unpaired) electrons. The Labute approximate surface area is 445 Å². The number of fused-ring (bicyclic) bond motifs is 6. The summed E-state index contributed by atoms with van der Waals surface area (Å²) in [6.45, 7) is 23.4. The van der Waals surface area contributed by atoms with Crippen LogP contribution in [0.15, 0.2) is 219 Å². The van der Waals surface area contributed by atoms with E-state index in [-0.39, 0.29) is 0 Å². The zero-order chi connectivity index (χ0) is 51.6. The summed E-state index contributed by atoms with van der Waals surface area (Å²) >= 11 is 3.76. The Morgan fingerprint density at radius 3 is 1.00 bits per heavy atom. The molecule has 12 rings (SSSR count). The van der Waals surface area contributed by atoms with Gasteiger partial charge in [0.25, 0.3) is 0 Å². The number of aryl methyl sites for hydroxylation is 6. The molecule has 0 aliphatic carbocycles. The minimum atomic E-state index is 1.14.